The summed E-state index contributed by atoms with van der Waals surface area (Å²) in [7, 11) is 0. The number of fused-ring (bicyclic) bond motifs is 1. The fraction of sp³-hybridized carbons (Fsp3) is 0.240. The van der Waals surface area contributed by atoms with Crippen molar-refractivity contribution in [1.82, 2.24) is 0 Å². The Morgan fingerprint density at radius 3 is 2.74 bits per heavy atom. The molecule has 1 aromatic heterocycles. The van der Waals surface area contributed by atoms with Gasteiger partial charge in [0.05, 0.1) is 18.4 Å². The first-order chi connectivity index (χ1) is 16.6. The van der Waals surface area contributed by atoms with Crippen LogP contribution in [0.4, 0.5) is 16.3 Å². The SMILES string of the molecule is CSc1ccc2c(c1)OCC(=O)N2CCCN(C(=O)OCc1ccccc1)c1cccc[n+]1[O-]. The topological polar surface area (TPSA) is 86.0 Å². The number of benzene rings is 2. The lowest BCUT2D eigenvalue weighted by Gasteiger charge is -2.30. The number of amides is 2. The normalized spacial score (nSPS) is 12.6. The van der Waals surface area contributed by atoms with Crippen LogP contribution in [0.2, 0.25) is 0 Å². The number of pyridine rings is 1. The monoisotopic (exact) mass is 479 g/mol. The molecular formula is C25H25N3O5S. The molecule has 34 heavy (non-hydrogen) atoms. The number of carbonyl (C=O) groups is 2. The lowest BCUT2D eigenvalue weighted by atomic mass is 10.2. The minimum Gasteiger partial charge on any atom is -0.711 e. The molecule has 9 heteroatoms. The first-order valence-corrected chi connectivity index (χ1v) is 12.1. The Morgan fingerprint density at radius 1 is 1.18 bits per heavy atom. The fourth-order valence-electron chi connectivity index (χ4n) is 3.67. The van der Waals surface area contributed by atoms with Crippen LogP contribution in [0.1, 0.15) is 12.0 Å². The Morgan fingerprint density at radius 2 is 1.97 bits per heavy atom. The second kappa shape index (κ2) is 10.9. The number of thioether (sulfide) groups is 1. The van der Waals surface area contributed by atoms with Crippen LogP contribution in [0.25, 0.3) is 0 Å². The molecule has 0 saturated carbocycles. The van der Waals surface area contributed by atoms with E-state index in [4.69, 9.17) is 9.47 Å². The molecule has 0 atom stereocenters. The van der Waals surface area contributed by atoms with Crippen LogP contribution in [0.3, 0.4) is 0 Å². The molecule has 0 spiro atoms. The summed E-state index contributed by atoms with van der Waals surface area (Å²) in [4.78, 5) is 29.5. The summed E-state index contributed by atoms with van der Waals surface area (Å²) in [5.41, 5.74) is 1.55. The molecule has 4 rings (SSSR count). The summed E-state index contributed by atoms with van der Waals surface area (Å²) in [6, 6.07) is 19.9. The zero-order valence-corrected chi connectivity index (χ0v) is 19.6. The molecule has 2 aromatic carbocycles. The van der Waals surface area contributed by atoms with E-state index in [-0.39, 0.29) is 31.5 Å². The summed E-state index contributed by atoms with van der Waals surface area (Å²) in [5, 5.41) is 12.4. The van der Waals surface area contributed by atoms with E-state index in [1.54, 1.807) is 34.9 Å². The number of aromatic nitrogens is 1. The zero-order chi connectivity index (χ0) is 23.9. The molecule has 0 saturated heterocycles. The molecule has 0 fully saturated rings. The van der Waals surface area contributed by atoms with Crippen molar-refractivity contribution in [2.45, 2.75) is 17.9 Å². The van der Waals surface area contributed by atoms with Crippen molar-refractivity contribution in [2.75, 3.05) is 35.8 Å². The number of hydrogen-bond acceptors (Lipinski definition) is 6. The summed E-state index contributed by atoms with van der Waals surface area (Å²) in [5.74, 6) is 0.672. The number of nitrogens with zero attached hydrogens (tertiary/aromatic N) is 3. The molecule has 176 valence electrons. The summed E-state index contributed by atoms with van der Waals surface area (Å²) < 4.78 is 11.7. The Kier molecular flexibility index (Phi) is 7.54. The molecule has 1 aliphatic rings. The van der Waals surface area contributed by atoms with Crippen molar-refractivity contribution in [3.63, 3.8) is 0 Å². The van der Waals surface area contributed by atoms with Gasteiger partial charge in [0.2, 0.25) is 0 Å². The Labute approximate surface area is 202 Å². The third-order valence-electron chi connectivity index (χ3n) is 5.38. The van der Waals surface area contributed by atoms with Crippen LogP contribution >= 0.6 is 11.8 Å². The van der Waals surface area contributed by atoms with Gasteiger partial charge in [-0.15, -0.1) is 11.8 Å². The molecule has 1 aliphatic heterocycles. The largest absolute Gasteiger partial charge is 0.711 e. The van der Waals surface area contributed by atoms with Gasteiger partial charge in [0, 0.05) is 23.9 Å². The van der Waals surface area contributed by atoms with Gasteiger partial charge in [-0.25, -0.2) is 4.73 Å². The number of anilines is 2. The first kappa shape index (κ1) is 23.4. The molecule has 2 amide bonds. The number of carbonyl (C=O) groups excluding carboxylic acids is 2. The van der Waals surface area contributed by atoms with Crippen LogP contribution in [0, 0.1) is 5.21 Å². The third kappa shape index (κ3) is 5.43. The number of rotatable bonds is 8. The summed E-state index contributed by atoms with van der Waals surface area (Å²) in [6.07, 6.45) is 3.12. The van der Waals surface area contributed by atoms with Crippen molar-refractivity contribution in [3.8, 4) is 5.75 Å². The molecule has 3 aromatic rings. The van der Waals surface area contributed by atoms with Gasteiger partial charge in [-0.2, -0.15) is 9.69 Å². The summed E-state index contributed by atoms with van der Waals surface area (Å²) >= 11 is 1.60. The highest BCUT2D eigenvalue weighted by molar-refractivity contribution is 7.98. The molecule has 0 bridgehead atoms. The number of hydrogen-bond donors (Lipinski definition) is 0. The predicted octanol–water partition coefficient (Wildman–Crippen LogP) is 4.00. The predicted molar refractivity (Wildman–Crippen MR) is 130 cm³/mol. The van der Waals surface area contributed by atoms with Crippen molar-refractivity contribution in [2.24, 2.45) is 0 Å². The van der Waals surface area contributed by atoms with Crippen molar-refractivity contribution in [3.05, 3.63) is 83.7 Å². The molecular weight excluding hydrogens is 454 g/mol. The smallest absolute Gasteiger partial charge is 0.507 e. The van der Waals surface area contributed by atoms with E-state index in [1.165, 1.54) is 11.1 Å². The molecule has 2 heterocycles. The van der Waals surface area contributed by atoms with Gasteiger partial charge in [-0.05, 0) is 36.1 Å². The lowest BCUT2D eigenvalue weighted by Crippen LogP contribution is -2.44. The highest BCUT2D eigenvalue weighted by atomic mass is 32.2. The Balaban J connectivity index is 1.46. The number of ether oxygens (including phenoxy) is 2. The van der Waals surface area contributed by atoms with E-state index in [0.717, 1.165) is 10.5 Å². The highest BCUT2D eigenvalue weighted by Gasteiger charge is 2.30. The van der Waals surface area contributed by atoms with Crippen LogP contribution in [-0.4, -0.2) is 38.0 Å². The van der Waals surface area contributed by atoms with Crippen LogP contribution in [0.5, 0.6) is 5.75 Å². The summed E-state index contributed by atoms with van der Waals surface area (Å²) in [6.45, 7) is 0.618. The van der Waals surface area contributed by atoms with Gasteiger partial charge >= 0.3 is 6.09 Å². The first-order valence-electron chi connectivity index (χ1n) is 10.8. The van der Waals surface area contributed by atoms with Gasteiger partial charge in [0.15, 0.2) is 6.61 Å². The van der Waals surface area contributed by atoms with Crippen LogP contribution < -0.4 is 19.3 Å². The minimum atomic E-state index is -0.627. The van der Waals surface area contributed by atoms with Crippen LogP contribution in [0.15, 0.2) is 77.8 Å². The van der Waals surface area contributed by atoms with Gasteiger partial charge < -0.3 is 19.6 Å². The quantitative estimate of drug-likeness (QED) is 0.276. The maximum atomic E-state index is 12.9. The van der Waals surface area contributed by atoms with E-state index in [2.05, 4.69) is 0 Å². The minimum absolute atomic E-state index is 0.0348. The second-order valence-corrected chi connectivity index (χ2v) is 8.48. The Bertz CT molecular complexity index is 1160. The second-order valence-electron chi connectivity index (χ2n) is 7.60. The van der Waals surface area contributed by atoms with Gasteiger partial charge in [-0.1, -0.05) is 36.4 Å². The molecule has 0 aliphatic carbocycles. The molecule has 0 unspecified atom stereocenters. The average molecular weight is 480 g/mol. The van der Waals surface area contributed by atoms with Crippen molar-refractivity contribution < 1.29 is 23.8 Å². The lowest BCUT2D eigenvalue weighted by molar-refractivity contribution is -0.591. The third-order valence-corrected chi connectivity index (χ3v) is 6.10. The standard InChI is InChI=1S/C25H25N3O5S/c1-34-20-11-12-21-22(16-20)32-18-24(29)26(21)13-7-14-27(23-10-5-6-15-28(23)31)25(30)33-17-19-8-3-2-4-9-19/h2-6,8-12,15-16H,7,13-14,17-18H2,1H3. The van der Waals surface area contributed by atoms with Crippen molar-refractivity contribution in [1.29, 1.82) is 0 Å². The van der Waals surface area contributed by atoms with E-state index in [0.29, 0.717) is 29.1 Å². The van der Waals surface area contributed by atoms with E-state index >= 15 is 0 Å². The molecule has 8 nitrogen and oxygen atoms in total. The fourth-order valence-corrected chi connectivity index (χ4v) is 4.10. The maximum absolute atomic E-state index is 12.9. The van der Waals surface area contributed by atoms with E-state index in [1.807, 2.05) is 54.8 Å². The van der Waals surface area contributed by atoms with Gasteiger partial charge in [-0.3, -0.25) is 4.79 Å². The van der Waals surface area contributed by atoms with Crippen molar-refractivity contribution >= 4 is 35.3 Å². The Hall–Kier alpha value is -3.72. The van der Waals surface area contributed by atoms with Gasteiger partial charge in [0.25, 0.3) is 11.7 Å². The zero-order valence-electron chi connectivity index (χ0n) is 18.8. The molecule has 0 radical (unpaired) electrons. The van der Waals surface area contributed by atoms with Crippen LogP contribution in [-0.2, 0) is 16.1 Å². The average Bonchev–Trinajstić information content (AvgIpc) is 2.87. The highest BCUT2D eigenvalue weighted by Crippen LogP contribution is 2.35. The van der Waals surface area contributed by atoms with E-state index < -0.39 is 6.09 Å². The van der Waals surface area contributed by atoms with Gasteiger partial charge in [0.1, 0.15) is 12.4 Å². The maximum Gasteiger partial charge on any atom is 0.507 e. The van der Waals surface area contributed by atoms with E-state index in [9.17, 15) is 14.8 Å². The molecule has 0 N–H and O–H groups in total.